The number of carbonyl (C=O) groups excluding carboxylic acids is 1. The number of amides is 1. The number of hydrogen-bond acceptors (Lipinski definition) is 3. The molecule has 4 N–H and O–H groups in total. The van der Waals surface area contributed by atoms with E-state index >= 15 is 0 Å². The molecule has 78 valence electrons. The molecule has 0 bridgehead atoms. The highest BCUT2D eigenvalue weighted by atomic mass is 16.4. The lowest BCUT2D eigenvalue weighted by Gasteiger charge is -2.07. The topological polar surface area (TPSA) is 92.4 Å². The molecule has 0 saturated carbocycles. The first-order valence-corrected chi connectivity index (χ1v) is 4.11. The summed E-state index contributed by atoms with van der Waals surface area (Å²) in [6.45, 7) is 3.26. The fourth-order valence-electron chi connectivity index (χ4n) is 1.04. The second-order valence-electron chi connectivity index (χ2n) is 2.80. The van der Waals surface area contributed by atoms with Gasteiger partial charge in [0.05, 0.1) is 11.3 Å². The minimum atomic E-state index is -1.13. The van der Waals surface area contributed by atoms with Gasteiger partial charge in [0.1, 0.15) is 0 Å². The van der Waals surface area contributed by atoms with Gasteiger partial charge in [0, 0.05) is 5.69 Å². The van der Waals surface area contributed by atoms with Crippen LogP contribution < -0.4 is 11.1 Å². The first-order chi connectivity index (χ1) is 7.04. The fourth-order valence-corrected chi connectivity index (χ4v) is 1.04. The average molecular weight is 206 g/mol. The van der Waals surface area contributed by atoms with Crippen LogP contribution in [0, 0.1) is 0 Å². The zero-order valence-corrected chi connectivity index (χ0v) is 7.86. The number of anilines is 2. The molecule has 1 aromatic rings. The van der Waals surface area contributed by atoms with Gasteiger partial charge in [0.25, 0.3) is 0 Å². The third-order valence-corrected chi connectivity index (χ3v) is 1.72. The molecule has 0 atom stereocenters. The Morgan fingerprint density at radius 1 is 1.47 bits per heavy atom. The smallest absolute Gasteiger partial charge is 0.337 e. The molecule has 0 radical (unpaired) electrons. The van der Waals surface area contributed by atoms with Crippen molar-refractivity contribution in [1.82, 2.24) is 0 Å². The van der Waals surface area contributed by atoms with E-state index in [9.17, 15) is 9.59 Å². The average Bonchev–Trinajstić information content (AvgIpc) is 2.17. The third-order valence-electron chi connectivity index (χ3n) is 1.72. The maximum atomic E-state index is 11.0. The van der Waals surface area contributed by atoms with Crippen LogP contribution in [0.2, 0.25) is 0 Å². The number of carboxylic acid groups (broad SMARTS) is 1. The summed E-state index contributed by atoms with van der Waals surface area (Å²) in [6, 6.07) is 4.16. The molecule has 5 heteroatoms. The molecular weight excluding hydrogens is 196 g/mol. The number of nitrogens with two attached hydrogens (primary N) is 1. The lowest BCUT2D eigenvalue weighted by atomic mass is 10.1. The van der Waals surface area contributed by atoms with Crippen LogP contribution in [-0.2, 0) is 4.79 Å². The minimum Gasteiger partial charge on any atom is -0.478 e. The third kappa shape index (κ3) is 2.57. The summed E-state index contributed by atoms with van der Waals surface area (Å²) in [7, 11) is 0. The van der Waals surface area contributed by atoms with Crippen molar-refractivity contribution in [3.63, 3.8) is 0 Å². The van der Waals surface area contributed by atoms with Crippen LogP contribution in [-0.4, -0.2) is 17.0 Å². The highest BCUT2D eigenvalue weighted by Crippen LogP contribution is 2.19. The standard InChI is InChI=1S/C10H10N2O3/c1-2-9(13)12-8-5-6(11)3-4-7(8)10(14)15/h2-5H,1,11H2,(H,12,13)(H,14,15). The minimum absolute atomic E-state index is 0.0144. The number of aromatic carboxylic acids is 1. The molecule has 0 fully saturated rings. The van der Waals surface area contributed by atoms with E-state index in [-0.39, 0.29) is 11.3 Å². The highest BCUT2D eigenvalue weighted by molar-refractivity contribution is 6.04. The molecule has 0 aromatic heterocycles. The summed E-state index contributed by atoms with van der Waals surface area (Å²) in [6.07, 6.45) is 1.05. The second kappa shape index (κ2) is 4.28. The number of nitrogen functional groups attached to an aromatic ring is 1. The molecule has 0 spiro atoms. The Balaban J connectivity index is 3.12. The predicted molar refractivity (Wildman–Crippen MR) is 56.6 cm³/mol. The molecule has 1 aromatic carbocycles. The van der Waals surface area contributed by atoms with Gasteiger partial charge in [-0.2, -0.15) is 0 Å². The van der Waals surface area contributed by atoms with E-state index in [4.69, 9.17) is 10.8 Å². The maximum Gasteiger partial charge on any atom is 0.337 e. The van der Waals surface area contributed by atoms with Crippen LogP contribution in [0.3, 0.4) is 0 Å². The van der Waals surface area contributed by atoms with Crippen LogP contribution >= 0.6 is 0 Å². The molecule has 5 nitrogen and oxygen atoms in total. The quantitative estimate of drug-likeness (QED) is 0.509. The Morgan fingerprint density at radius 3 is 2.67 bits per heavy atom. The van der Waals surface area contributed by atoms with Gasteiger partial charge in [-0.3, -0.25) is 4.79 Å². The summed E-state index contributed by atoms with van der Waals surface area (Å²) in [5.74, 6) is -1.61. The Bertz CT molecular complexity index is 427. The zero-order valence-electron chi connectivity index (χ0n) is 7.86. The van der Waals surface area contributed by atoms with E-state index in [2.05, 4.69) is 11.9 Å². The second-order valence-corrected chi connectivity index (χ2v) is 2.80. The highest BCUT2D eigenvalue weighted by Gasteiger charge is 2.11. The van der Waals surface area contributed by atoms with Crippen molar-refractivity contribution in [3.05, 3.63) is 36.4 Å². The lowest BCUT2D eigenvalue weighted by molar-refractivity contribution is -0.111. The van der Waals surface area contributed by atoms with Crippen LogP contribution in [0.15, 0.2) is 30.9 Å². The summed E-state index contributed by atoms with van der Waals surface area (Å²) in [4.78, 5) is 21.8. The van der Waals surface area contributed by atoms with Gasteiger partial charge >= 0.3 is 5.97 Å². The van der Waals surface area contributed by atoms with Gasteiger partial charge in [0.2, 0.25) is 5.91 Å². The molecule has 15 heavy (non-hydrogen) atoms. The van der Waals surface area contributed by atoms with E-state index < -0.39 is 11.9 Å². The van der Waals surface area contributed by atoms with E-state index in [1.807, 2.05) is 0 Å². The maximum absolute atomic E-state index is 11.0. The van der Waals surface area contributed by atoms with Crippen molar-refractivity contribution in [3.8, 4) is 0 Å². The summed E-state index contributed by atoms with van der Waals surface area (Å²) >= 11 is 0. The van der Waals surface area contributed by atoms with Crippen molar-refractivity contribution < 1.29 is 14.7 Å². The van der Waals surface area contributed by atoms with Crippen molar-refractivity contribution in [2.45, 2.75) is 0 Å². The largest absolute Gasteiger partial charge is 0.478 e. The molecule has 0 saturated heterocycles. The van der Waals surface area contributed by atoms with Crippen LogP contribution in [0.1, 0.15) is 10.4 Å². The van der Waals surface area contributed by atoms with E-state index in [0.717, 1.165) is 6.08 Å². The molecule has 0 unspecified atom stereocenters. The molecular formula is C10H10N2O3. The van der Waals surface area contributed by atoms with Crippen LogP contribution in [0.25, 0.3) is 0 Å². The molecule has 0 heterocycles. The summed E-state index contributed by atoms with van der Waals surface area (Å²) in [5.41, 5.74) is 5.99. The lowest BCUT2D eigenvalue weighted by Crippen LogP contribution is -2.12. The summed E-state index contributed by atoms with van der Waals surface area (Å²) < 4.78 is 0. The number of benzene rings is 1. The zero-order chi connectivity index (χ0) is 11.4. The molecule has 1 amide bonds. The van der Waals surface area contributed by atoms with E-state index in [1.54, 1.807) is 0 Å². The van der Waals surface area contributed by atoms with Crippen molar-refractivity contribution >= 4 is 23.3 Å². The van der Waals surface area contributed by atoms with Gasteiger partial charge in [-0.25, -0.2) is 4.79 Å². The predicted octanol–water partition coefficient (Wildman–Crippen LogP) is 1.09. The van der Waals surface area contributed by atoms with Crippen LogP contribution in [0.5, 0.6) is 0 Å². The molecule has 0 aliphatic heterocycles. The van der Waals surface area contributed by atoms with Crippen molar-refractivity contribution in [2.75, 3.05) is 11.1 Å². The number of carbonyl (C=O) groups is 2. The van der Waals surface area contributed by atoms with E-state index in [0.29, 0.717) is 5.69 Å². The first-order valence-electron chi connectivity index (χ1n) is 4.11. The van der Waals surface area contributed by atoms with Gasteiger partial charge < -0.3 is 16.2 Å². The summed E-state index contributed by atoms with van der Waals surface area (Å²) in [5, 5.41) is 11.2. The first kappa shape index (κ1) is 10.8. The number of hydrogen-bond donors (Lipinski definition) is 3. The number of carboxylic acids is 1. The van der Waals surface area contributed by atoms with Crippen molar-refractivity contribution in [1.29, 1.82) is 0 Å². The molecule has 0 aliphatic rings. The Kier molecular flexibility index (Phi) is 3.07. The van der Waals surface area contributed by atoms with Gasteiger partial charge in [-0.1, -0.05) is 6.58 Å². The van der Waals surface area contributed by atoms with Gasteiger partial charge in [-0.15, -0.1) is 0 Å². The van der Waals surface area contributed by atoms with E-state index in [1.165, 1.54) is 18.2 Å². The SMILES string of the molecule is C=CC(=O)Nc1cc(N)ccc1C(=O)O. The monoisotopic (exact) mass is 206 g/mol. The normalized spacial score (nSPS) is 9.33. The Morgan fingerprint density at radius 2 is 2.13 bits per heavy atom. The molecule has 0 aliphatic carbocycles. The Hall–Kier alpha value is -2.30. The van der Waals surface area contributed by atoms with Gasteiger partial charge in [0.15, 0.2) is 0 Å². The number of rotatable bonds is 3. The fraction of sp³-hybridized carbons (Fsp3) is 0. The molecule has 1 rings (SSSR count). The Labute approximate surface area is 86.2 Å². The number of nitrogens with one attached hydrogen (secondary N) is 1. The van der Waals surface area contributed by atoms with Crippen molar-refractivity contribution in [2.24, 2.45) is 0 Å². The van der Waals surface area contributed by atoms with Gasteiger partial charge in [-0.05, 0) is 24.3 Å². The van der Waals surface area contributed by atoms with Crippen LogP contribution in [0.4, 0.5) is 11.4 Å².